The normalized spacial score (nSPS) is 10.7. The largest absolute Gasteiger partial charge is 0.478 e. The lowest BCUT2D eigenvalue weighted by Gasteiger charge is -2.07. The summed E-state index contributed by atoms with van der Waals surface area (Å²) < 4.78 is 0.261. The van der Waals surface area contributed by atoms with E-state index < -0.39 is 5.97 Å². The van der Waals surface area contributed by atoms with Crippen molar-refractivity contribution in [2.75, 3.05) is 0 Å². The number of para-hydroxylation sites is 1. The van der Waals surface area contributed by atoms with Gasteiger partial charge in [0.1, 0.15) is 5.15 Å². The number of aromatic carboxylic acids is 1. The zero-order valence-corrected chi connectivity index (χ0v) is 10.8. The predicted molar refractivity (Wildman–Crippen MR) is 66.4 cm³/mol. The number of hydrogen-bond acceptors (Lipinski definition) is 2. The van der Waals surface area contributed by atoms with E-state index in [1.165, 1.54) is 0 Å². The monoisotopic (exact) mass is 319 g/mol. The zero-order valence-electron chi connectivity index (χ0n) is 7.67. The molecule has 0 atom stereocenters. The standard InChI is InChI=1S/C10H4BrCl2NO2/c11-7-6(10(15)16)4-2-1-3-5(12)8(4)14-9(7)13/h1-3H,(H,15,16). The molecule has 16 heavy (non-hydrogen) atoms. The van der Waals surface area contributed by atoms with E-state index in [0.717, 1.165) is 0 Å². The Morgan fingerprint density at radius 2 is 2.06 bits per heavy atom. The molecular formula is C10H4BrCl2NO2. The molecule has 0 fully saturated rings. The summed E-state index contributed by atoms with van der Waals surface area (Å²) in [5.41, 5.74) is 0.451. The maximum absolute atomic E-state index is 11.1. The van der Waals surface area contributed by atoms with Crippen LogP contribution in [-0.4, -0.2) is 16.1 Å². The second-order valence-electron chi connectivity index (χ2n) is 3.03. The van der Waals surface area contributed by atoms with Crippen molar-refractivity contribution in [3.05, 3.63) is 38.4 Å². The van der Waals surface area contributed by atoms with Crippen LogP contribution in [0, 0.1) is 0 Å². The molecule has 0 saturated heterocycles. The highest BCUT2D eigenvalue weighted by atomic mass is 79.9. The van der Waals surface area contributed by atoms with Gasteiger partial charge in [0.2, 0.25) is 0 Å². The summed E-state index contributed by atoms with van der Waals surface area (Å²) in [6.45, 7) is 0. The minimum Gasteiger partial charge on any atom is -0.478 e. The number of carboxylic acids is 1. The van der Waals surface area contributed by atoms with E-state index in [-0.39, 0.29) is 15.2 Å². The Bertz CT molecular complexity index is 601. The van der Waals surface area contributed by atoms with Crippen LogP contribution >= 0.6 is 39.1 Å². The van der Waals surface area contributed by atoms with E-state index in [1.54, 1.807) is 18.2 Å². The van der Waals surface area contributed by atoms with E-state index >= 15 is 0 Å². The van der Waals surface area contributed by atoms with Gasteiger partial charge in [-0.05, 0) is 22.0 Å². The number of carboxylic acid groups (broad SMARTS) is 1. The van der Waals surface area contributed by atoms with E-state index in [4.69, 9.17) is 28.3 Å². The Hall–Kier alpha value is -0.840. The summed E-state index contributed by atoms with van der Waals surface area (Å²) in [4.78, 5) is 15.2. The van der Waals surface area contributed by atoms with Crippen molar-refractivity contribution in [2.45, 2.75) is 0 Å². The summed E-state index contributed by atoms with van der Waals surface area (Å²) in [5.74, 6) is -1.08. The fourth-order valence-corrected chi connectivity index (χ4v) is 2.28. The van der Waals surface area contributed by atoms with Crippen molar-refractivity contribution in [1.29, 1.82) is 0 Å². The van der Waals surface area contributed by atoms with Crippen molar-refractivity contribution in [2.24, 2.45) is 0 Å². The third-order valence-corrected chi connectivity index (χ3v) is 3.66. The lowest BCUT2D eigenvalue weighted by molar-refractivity contribution is 0.0698. The van der Waals surface area contributed by atoms with Crippen LogP contribution in [0.3, 0.4) is 0 Å². The maximum Gasteiger partial charge on any atom is 0.337 e. The molecule has 0 radical (unpaired) electrons. The van der Waals surface area contributed by atoms with Gasteiger partial charge in [0, 0.05) is 5.39 Å². The van der Waals surface area contributed by atoms with Crippen LogP contribution in [0.2, 0.25) is 10.2 Å². The molecule has 82 valence electrons. The molecule has 3 nitrogen and oxygen atoms in total. The molecule has 2 aromatic rings. The lowest BCUT2D eigenvalue weighted by atomic mass is 10.1. The molecule has 0 aliphatic carbocycles. The number of nitrogens with zero attached hydrogens (tertiary/aromatic N) is 1. The first kappa shape index (κ1) is 11.6. The van der Waals surface area contributed by atoms with Gasteiger partial charge in [-0.15, -0.1) is 0 Å². The van der Waals surface area contributed by atoms with Gasteiger partial charge in [0.05, 0.1) is 20.6 Å². The lowest BCUT2D eigenvalue weighted by Crippen LogP contribution is -2.01. The highest BCUT2D eigenvalue weighted by Crippen LogP contribution is 2.33. The summed E-state index contributed by atoms with van der Waals surface area (Å²) in [7, 11) is 0. The molecule has 1 aromatic heterocycles. The van der Waals surface area contributed by atoms with Gasteiger partial charge in [-0.3, -0.25) is 0 Å². The second-order valence-corrected chi connectivity index (χ2v) is 4.59. The summed E-state index contributed by atoms with van der Waals surface area (Å²) in [5, 5.41) is 10.0. The van der Waals surface area contributed by atoms with Crippen LogP contribution in [0.25, 0.3) is 10.9 Å². The molecule has 0 aliphatic heterocycles. The van der Waals surface area contributed by atoms with Crippen LogP contribution in [0.5, 0.6) is 0 Å². The molecule has 2 rings (SSSR count). The smallest absolute Gasteiger partial charge is 0.337 e. The highest BCUT2D eigenvalue weighted by Gasteiger charge is 2.18. The van der Waals surface area contributed by atoms with Gasteiger partial charge >= 0.3 is 5.97 Å². The number of benzene rings is 1. The molecule has 0 saturated carbocycles. The van der Waals surface area contributed by atoms with Gasteiger partial charge in [0.25, 0.3) is 0 Å². The number of rotatable bonds is 1. The average molecular weight is 321 g/mol. The topological polar surface area (TPSA) is 50.2 Å². The van der Waals surface area contributed by atoms with Gasteiger partial charge < -0.3 is 5.11 Å². The molecule has 1 N–H and O–H groups in total. The molecule has 0 unspecified atom stereocenters. The number of pyridine rings is 1. The Morgan fingerprint density at radius 1 is 1.38 bits per heavy atom. The molecule has 0 aliphatic rings. The van der Waals surface area contributed by atoms with Gasteiger partial charge in [-0.25, -0.2) is 9.78 Å². The Kier molecular flexibility index (Phi) is 3.06. The number of aromatic nitrogens is 1. The Morgan fingerprint density at radius 3 is 2.69 bits per heavy atom. The Balaban J connectivity index is 3.00. The molecule has 0 amide bonds. The van der Waals surface area contributed by atoms with Crippen LogP contribution in [0.1, 0.15) is 10.4 Å². The maximum atomic E-state index is 11.1. The second kappa shape index (κ2) is 4.20. The summed E-state index contributed by atoms with van der Waals surface area (Å²) in [6, 6.07) is 4.94. The van der Waals surface area contributed by atoms with Gasteiger partial charge in [-0.2, -0.15) is 0 Å². The van der Waals surface area contributed by atoms with E-state index in [2.05, 4.69) is 20.9 Å². The van der Waals surface area contributed by atoms with Crippen LogP contribution < -0.4 is 0 Å². The third kappa shape index (κ3) is 1.77. The van der Waals surface area contributed by atoms with E-state index in [9.17, 15) is 4.79 Å². The zero-order chi connectivity index (χ0) is 11.9. The fourth-order valence-electron chi connectivity index (χ4n) is 1.41. The average Bonchev–Trinajstić information content (AvgIpc) is 2.21. The van der Waals surface area contributed by atoms with Crippen molar-refractivity contribution in [3.8, 4) is 0 Å². The molecule has 6 heteroatoms. The first-order valence-electron chi connectivity index (χ1n) is 4.19. The first-order valence-corrected chi connectivity index (χ1v) is 5.73. The third-order valence-electron chi connectivity index (χ3n) is 2.08. The van der Waals surface area contributed by atoms with E-state index in [1.807, 2.05) is 0 Å². The van der Waals surface area contributed by atoms with Crippen molar-refractivity contribution in [3.63, 3.8) is 0 Å². The highest BCUT2D eigenvalue weighted by molar-refractivity contribution is 9.10. The molecule has 0 bridgehead atoms. The van der Waals surface area contributed by atoms with Crippen molar-refractivity contribution >= 4 is 56.0 Å². The number of fused-ring (bicyclic) bond motifs is 1. The molecule has 1 heterocycles. The first-order chi connectivity index (χ1) is 7.52. The number of halogens is 3. The molecule has 0 spiro atoms. The van der Waals surface area contributed by atoms with Crippen LogP contribution in [0.4, 0.5) is 0 Å². The van der Waals surface area contributed by atoms with Gasteiger partial charge in [-0.1, -0.05) is 35.3 Å². The molecular weight excluding hydrogens is 317 g/mol. The summed E-state index contributed by atoms with van der Waals surface area (Å²) >= 11 is 14.9. The van der Waals surface area contributed by atoms with Crippen molar-refractivity contribution in [1.82, 2.24) is 4.98 Å². The predicted octanol–water partition coefficient (Wildman–Crippen LogP) is 4.00. The van der Waals surface area contributed by atoms with Gasteiger partial charge in [0.15, 0.2) is 0 Å². The van der Waals surface area contributed by atoms with Crippen molar-refractivity contribution < 1.29 is 9.90 Å². The van der Waals surface area contributed by atoms with Crippen LogP contribution in [0.15, 0.2) is 22.7 Å². The fraction of sp³-hybridized carbons (Fsp3) is 0. The Labute approximate surface area is 109 Å². The minimum atomic E-state index is -1.08. The molecule has 1 aromatic carbocycles. The quantitative estimate of drug-likeness (QED) is 0.808. The SMILES string of the molecule is O=C(O)c1c(Br)c(Cl)nc2c(Cl)cccc12. The summed E-state index contributed by atoms with van der Waals surface area (Å²) in [6.07, 6.45) is 0. The number of hydrogen-bond donors (Lipinski definition) is 1. The van der Waals surface area contributed by atoms with Crippen LogP contribution in [-0.2, 0) is 0 Å². The number of carbonyl (C=O) groups is 1. The van der Waals surface area contributed by atoms with E-state index in [0.29, 0.717) is 15.9 Å². The minimum absolute atomic E-state index is 0.0671.